The van der Waals surface area contributed by atoms with Gasteiger partial charge in [0.05, 0.1) is 19.3 Å². The molecule has 1 fully saturated rings. The van der Waals surface area contributed by atoms with E-state index in [9.17, 15) is 4.79 Å². The van der Waals surface area contributed by atoms with Gasteiger partial charge >= 0.3 is 0 Å². The first kappa shape index (κ1) is 19.4. The van der Waals surface area contributed by atoms with Crippen LogP contribution in [0.2, 0.25) is 0 Å². The van der Waals surface area contributed by atoms with Crippen molar-refractivity contribution in [1.82, 2.24) is 25.0 Å². The van der Waals surface area contributed by atoms with Crippen molar-refractivity contribution in [3.05, 3.63) is 53.9 Å². The van der Waals surface area contributed by atoms with Gasteiger partial charge < -0.3 is 10.1 Å². The molecule has 1 N–H and O–H groups in total. The first-order valence-electron chi connectivity index (χ1n) is 10.1. The Morgan fingerprint density at radius 3 is 2.97 bits per heavy atom. The van der Waals surface area contributed by atoms with Gasteiger partial charge in [0.1, 0.15) is 5.75 Å². The SMILES string of the molecule is COc1ccccc1CN1CCC(c2nn(CCNC(C)=O)c3ncccc23)C1. The summed E-state index contributed by atoms with van der Waals surface area (Å²) in [5.41, 5.74) is 3.21. The van der Waals surface area contributed by atoms with E-state index in [1.165, 1.54) is 12.5 Å². The molecule has 1 unspecified atom stereocenters. The predicted molar refractivity (Wildman–Crippen MR) is 112 cm³/mol. The third-order valence-electron chi connectivity index (χ3n) is 5.48. The summed E-state index contributed by atoms with van der Waals surface area (Å²) in [6.07, 6.45) is 2.87. The first-order chi connectivity index (χ1) is 14.2. The van der Waals surface area contributed by atoms with Gasteiger partial charge in [-0.1, -0.05) is 18.2 Å². The van der Waals surface area contributed by atoms with Gasteiger partial charge in [-0.25, -0.2) is 9.67 Å². The highest BCUT2D eigenvalue weighted by molar-refractivity contribution is 5.79. The molecule has 1 atom stereocenters. The van der Waals surface area contributed by atoms with Crippen molar-refractivity contribution in [3.8, 4) is 5.75 Å². The Morgan fingerprint density at radius 2 is 2.14 bits per heavy atom. The first-order valence-corrected chi connectivity index (χ1v) is 10.1. The molecule has 2 aromatic heterocycles. The third kappa shape index (κ3) is 4.24. The molecule has 1 aliphatic rings. The van der Waals surface area contributed by atoms with E-state index >= 15 is 0 Å². The van der Waals surface area contributed by atoms with Crippen molar-refractivity contribution >= 4 is 16.9 Å². The van der Waals surface area contributed by atoms with Crippen LogP contribution in [0.15, 0.2) is 42.6 Å². The average molecular weight is 393 g/mol. The summed E-state index contributed by atoms with van der Waals surface area (Å²) in [5, 5.41) is 8.84. The molecule has 4 rings (SSSR count). The minimum absolute atomic E-state index is 0.0302. The number of hydrogen-bond donors (Lipinski definition) is 1. The van der Waals surface area contributed by atoms with Gasteiger partial charge in [0.25, 0.3) is 0 Å². The summed E-state index contributed by atoms with van der Waals surface area (Å²) in [5.74, 6) is 1.28. The number of pyridine rings is 1. The van der Waals surface area contributed by atoms with Crippen LogP contribution >= 0.6 is 0 Å². The van der Waals surface area contributed by atoms with Crippen LogP contribution in [0, 0.1) is 0 Å². The normalized spacial score (nSPS) is 17.0. The topological polar surface area (TPSA) is 72.3 Å². The van der Waals surface area contributed by atoms with E-state index in [1.807, 2.05) is 22.9 Å². The number of ether oxygens (including phenoxy) is 1. The number of hydrogen-bond acceptors (Lipinski definition) is 5. The molecule has 29 heavy (non-hydrogen) atoms. The van der Waals surface area contributed by atoms with Crippen LogP contribution in [0.5, 0.6) is 5.75 Å². The molecule has 0 radical (unpaired) electrons. The zero-order valence-electron chi connectivity index (χ0n) is 17.0. The Kier molecular flexibility index (Phi) is 5.76. The average Bonchev–Trinajstić information content (AvgIpc) is 3.33. The number of carbonyl (C=O) groups excluding carboxylic acids is 1. The Labute approximate surface area is 170 Å². The number of nitrogens with zero attached hydrogens (tertiary/aromatic N) is 4. The molecule has 0 bridgehead atoms. The molecular formula is C22H27N5O2. The van der Waals surface area contributed by atoms with Crippen molar-refractivity contribution in [2.24, 2.45) is 0 Å². The lowest BCUT2D eigenvalue weighted by atomic mass is 10.0. The minimum atomic E-state index is -0.0302. The molecule has 3 aromatic rings. The highest BCUT2D eigenvalue weighted by atomic mass is 16.5. The van der Waals surface area contributed by atoms with Gasteiger partial charge in [0.15, 0.2) is 5.65 Å². The smallest absolute Gasteiger partial charge is 0.216 e. The van der Waals surface area contributed by atoms with Gasteiger partial charge in [-0.15, -0.1) is 0 Å². The molecule has 7 heteroatoms. The number of amides is 1. The number of likely N-dealkylation sites (tertiary alicyclic amines) is 1. The zero-order chi connectivity index (χ0) is 20.2. The highest BCUT2D eigenvalue weighted by Gasteiger charge is 2.28. The zero-order valence-corrected chi connectivity index (χ0v) is 17.0. The Balaban J connectivity index is 1.51. The van der Waals surface area contributed by atoms with Crippen LogP contribution in [-0.2, 0) is 17.9 Å². The Hall–Kier alpha value is -2.93. The van der Waals surface area contributed by atoms with Crippen molar-refractivity contribution in [2.45, 2.75) is 32.4 Å². The summed E-state index contributed by atoms with van der Waals surface area (Å²) in [4.78, 5) is 18.2. The summed E-state index contributed by atoms with van der Waals surface area (Å²) in [7, 11) is 1.72. The maximum atomic E-state index is 11.2. The van der Waals surface area contributed by atoms with E-state index in [0.717, 1.165) is 48.5 Å². The molecule has 7 nitrogen and oxygen atoms in total. The van der Waals surface area contributed by atoms with Gasteiger partial charge in [-0.2, -0.15) is 5.10 Å². The fourth-order valence-corrected chi connectivity index (χ4v) is 4.10. The number of aromatic nitrogens is 3. The number of carbonyl (C=O) groups is 1. The fraction of sp³-hybridized carbons (Fsp3) is 0.409. The van der Waals surface area contributed by atoms with Gasteiger partial charge in [0, 0.05) is 49.6 Å². The molecule has 0 aliphatic carbocycles. The second kappa shape index (κ2) is 8.61. The molecule has 3 heterocycles. The van der Waals surface area contributed by atoms with Crippen LogP contribution in [-0.4, -0.2) is 52.3 Å². The number of rotatable bonds is 7. The largest absolute Gasteiger partial charge is 0.496 e. The molecule has 1 saturated heterocycles. The molecule has 152 valence electrons. The summed E-state index contributed by atoms with van der Waals surface area (Å²) >= 11 is 0. The monoisotopic (exact) mass is 393 g/mol. The Bertz CT molecular complexity index is 1000. The molecule has 0 spiro atoms. The number of para-hydroxylation sites is 1. The number of fused-ring (bicyclic) bond motifs is 1. The fourth-order valence-electron chi connectivity index (χ4n) is 4.10. The van der Waals surface area contributed by atoms with Crippen LogP contribution in [0.25, 0.3) is 11.0 Å². The van der Waals surface area contributed by atoms with E-state index in [1.54, 1.807) is 13.3 Å². The van der Waals surface area contributed by atoms with Crippen LogP contribution in [0.4, 0.5) is 0 Å². The van der Waals surface area contributed by atoms with Crippen LogP contribution < -0.4 is 10.1 Å². The lowest BCUT2D eigenvalue weighted by Gasteiger charge is -2.17. The second-order valence-corrected chi connectivity index (χ2v) is 7.50. The van der Waals surface area contributed by atoms with Crippen molar-refractivity contribution < 1.29 is 9.53 Å². The van der Waals surface area contributed by atoms with E-state index in [-0.39, 0.29) is 5.91 Å². The maximum absolute atomic E-state index is 11.2. The predicted octanol–water partition coefficient (Wildman–Crippen LogP) is 2.57. The lowest BCUT2D eigenvalue weighted by molar-refractivity contribution is -0.118. The van der Waals surface area contributed by atoms with E-state index in [2.05, 4.69) is 33.4 Å². The van der Waals surface area contributed by atoms with Crippen molar-refractivity contribution in [3.63, 3.8) is 0 Å². The Morgan fingerprint density at radius 1 is 1.28 bits per heavy atom. The molecule has 1 aromatic carbocycles. The second-order valence-electron chi connectivity index (χ2n) is 7.50. The van der Waals surface area contributed by atoms with Crippen molar-refractivity contribution in [2.75, 3.05) is 26.7 Å². The lowest BCUT2D eigenvalue weighted by Crippen LogP contribution is -2.25. The van der Waals surface area contributed by atoms with E-state index < -0.39 is 0 Å². The quantitative estimate of drug-likeness (QED) is 0.668. The molecule has 0 saturated carbocycles. The van der Waals surface area contributed by atoms with Crippen LogP contribution in [0.1, 0.15) is 30.5 Å². The summed E-state index contributed by atoms with van der Waals surface area (Å²) < 4.78 is 7.42. The molecular weight excluding hydrogens is 366 g/mol. The molecule has 1 amide bonds. The maximum Gasteiger partial charge on any atom is 0.216 e. The third-order valence-corrected chi connectivity index (χ3v) is 5.48. The van der Waals surface area contributed by atoms with Gasteiger partial charge in [0.2, 0.25) is 5.91 Å². The number of benzene rings is 1. The molecule has 1 aliphatic heterocycles. The minimum Gasteiger partial charge on any atom is -0.496 e. The number of nitrogens with one attached hydrogen (secondary N) is 1. The van der Waals surface area contributed by atoms with E-state index in [0.29, 0.717) is 19.0 Å². The van der Waals surface area contributed by atoms with Crippen molar-refractivity contribution in [1.29, 1.82) is 0 Å². The van der Waals surface area contributed by atoms with E-state index in [4.69, 9.17) is 9.84 Å². The summed E-state index contributed by atoms with van der Waals surface area (Å²) in [6.45, 7) is 5.56. The van der Waals surface area contributed by atoms with Crippen LogP contribution in [0.3, 0.4) is 0 Å². The van der Waals surface area contributed by atoms with Gasteiger partial charge in [-0.05, 0) is 31.2 Å². The van der Waals surface area contributed by atoms with Gasteiger partial charge in [-0.3, -0.25) is 9.69 Å². The standard InChI is InChI=1S/C22H27N5O2/c1-16(28)23-11-13-27-22-19(7-5-10-24-22)21(25-27)18-9-12-26(15-18)14-17-6-3-4-8-20(17)29-2/h3-8,10,18H,9,11-15H2,1-2H3,(H,23,28). The highest BCUT2D eigenvalue weighted by Crippen LogP contribution is 2.32. The summed E-state index contributed by atoms with van der Waals surface area (Å²) in [6, 6.07) is 12.3. The number of methoxy groups -OCH3 is 1.